The van der Waals surface area contributed by atoms with Gasteiger partial charge in [-0.25, -0.2) is 0 Å². The van der Waals surface area contributed by atoms with E-state index in [0.29, 0.717) is 6.61 Å². The quantitative estimate of drug-likeness (QED) is 0.775. The minimum Gasteiger partial charge on any atom is -0.493 e. The van der Waals surface area contributed by atoms with E-state index in [2.05, 4.69) is 86.6 Å². The lowest BCUT2D eigenvalue weighted by Gasteiger charge is -2.36. The van der Waals surface area contributed by atoms with Gasteiger partial charge in [-0.05, 0) is 34.2 Å². The summed E-state index contributed by atoms with van der Waals surface area (Å²) >= 11 is 0. The average Bonchev–Trinajstić information content (AvgIpc) is 2.67. The van der Waals surface area contributed by atoms with E-state index in [1.165, 1.54) is 22.4 Å². The average molecular weight is 394 g/mol. The number of hydrogen-bond acceptors (Lipinski definition) is 4. The zero-order valence-electron chi connectivity index (χ0n) is 18.6. The number of piperazine rings is 1. The molecule has 0 atom stereocenters. The van der Waals surface area contributed by atoms with E-state index in [1.807, 2.05) is 0 Å². The molecule has 2 N–H and O–H groups in total. The Morgan fingerprint density at radius 3 is 2.45 bits per heavy atom. The smallest absolute Gasteiger partial charge is 0.121 e. The highest BCUT2D eigenvalue weighted by atomic mass is 16.5. The van der Waals surface area contributed by atoms with E-state index >= 15 is 0 Å². The molecule has 0 aliphatic carbocycles. The third-order valence-corrected chi connectivity index (χ3v) is 5.98. The van der Waals surface area contributed by atoms with Crippen molar-refractivity contribution >= 4 is 11.4 Å². The first-order valence-electron chi connectivity index (χ1n) is 10.8. The molecule has 4 nitrogen and oxygen atoms in total. The van der Waals surface area contributed by atoms with Gasteiger partial charge in [-0.3, -0.25) is 4.90 Å². The summed E-state index contributed by atoms with van der Waals surface area (Å²) < 4.78 is 6.05. The first kappa shape index (κ1) is 20.2. The monoisotopic (exact) mass is 393 g/mol. The molecule has 2 aromatic rings. The minimum atomic E-state index is -0.0437. The molecule has 2 aliphatic heterocycles. The summed E-state index contributed by atoms with van der Waals surface area (Å²) in [6, 6.07) is 13.4. The molecule has 0 saturated carbocycles. The van der Waals surface area contributed by atoms with Crippen LogP contribution in [0, 0.1) is 5.41 Å². The Labute approximate surface area is 175 Å². The van der Waals surface area contributed by atoms with E-state index < -0.39 is 0 Å². The normalized spacial score (nSPS) is 18.5. The second-order valence-corrected chi connectivity index (χ2v) is 10.2. The molecule has 4 rings (SSSR count). The lowest BCUT2D eigenvalue weighted by atomic mass is 9.74. The fourth-order valence-corrected chi connectivity index (χ4v) is 4.29. The van der Waals surface area contributed by atoms with E-state index in [-0.39, 0.29) is 10.8 Å². The number of ether oxygens (including phenoxy) is 1. The number of benzene rings is 2. The lowest BCUT2D eigenvalue weighted by Crippen LogP contribution is -2.42. The Hall–Kier alpha value is -2.04. The molecule has 0 unspecified atom stereocenters. The van der Waals surface area contributed by atoms with Gasteiger partial charge in [0.25, 0.3) is 0 Å². The standard InChI is InChI=1S/C25H35N3O/c1-24(2,3)17-29-19-7-8-20-23(15-19)27-22-9-6-18(14-21(22)25(20,4)5)16-28-12-10-26-11-13-28/h6-9,14-15,26-27H,10-13,16-17H2,1-5H3. The van der Waals surface area contributed by atoms with Gasteiger partial charge in [-0.2, -0.15) is 0 Å². The molecule has 1 fully saturated rings. The van der Waals surface area contributed by atoms with E-state index in [1.54, 1.807) is 0 Å². The summed E-state index contributed by atoms with van der Waals surface area (Å²) in [4.78, 5) is 2.54. The van der Waals surface area contributed by atoms with Crippen molar-refractivity contribution in [2.24, 2.45) is 5.41 Å². The van der Waals surface area contributed by atoms with Crippen LogP contribution in [0.2, 0.25) is 0 Å². The highest BCUT2D eigenvalue weighted by Gasteiger charge is 2.33. The summed E-state index contributed by atoms with van der Waals surface area (Å²) in [5.41, 5.74) is 6.57. The molecule has 0 aromatic heterocycles. The minimum absolute atomic E-state index is 0.0437. The summed E-state index contributed by atoms with van der Waals surface area (Å²) in [7, 11) is 0. The van der Waals surface area contributed by atoms with Crippen molar-refractivity contribution in [3.05, 3.63) is 53.1 Å². The summed E-state index contributed by atoms with van der Waals surface area (Å²) in [6.45, 7) is 17.4. The first-order chi connectivity index (χ1) is 13.7. The van der Waals surface area contributed by atoms with Gasteiger partial charge >= 0.3 is 0 Å². The van der Waals surface area contributed by atoms with Crippen LogP contribution in [-0.2, 0) is 12.0 Å². The number of nitrogens with one attached hydrogen (secondary N) is 2. The van der Waals surface area contributed by atoms with Crippen LogP contribution in [0.3, 0.4) is 0 Å². The third-order valence-electron chi connectivity index (χ3n) is 5.98. The Balaban J connectivity index is 1.58. The Morgan fingerprint density at radius 2 is 1.72 bits per heavy atom. The molecule has 29 heavy (non-hydrogen) atoms. The third kappa shape index (κ3) is 4.44. The van der Waals surface area contributed by atoms with Crippen molar-refractivity contribution in [2.75, 3.05) is 38.1 Å². The van der Waals surface area contributed by atoms with E-state index in [0.717, 1.165) is 44.2 Å². The number of rotatable bonds is 4. The van der Waals surface area contributed by atoms with Crippen LogP contribution in [0.1, 0.15) is 51.3 Å². The van der Waals surface area contributed by atoms with Gasteiger partial charge in [0, 0.05) is 55.6 Å². The first-order valence-corrected chi connectivity index (χ1v) is 10.8. The molecule has 0 spiro atoms. The zero-order chi connectivity index (χ0) is 20.6. The molecular weight excluding hydrogens is 358 g/mol. The zero-order valence-corrected chi connectivity index (χ0v) is 18.6. The lowest BCUT2D eigenvalue weighted by molar-refractivity contribution is 0.198. The van der Waals surface area contributed by atoms with Crippen molar-refractivity contribution in [3.8, 4) is 5.75 Å². The summed E-state index contributed by atoms with van der Waals surface area (Å²) in [5.74, 6) is 0.931. The van der Waals surface area contributed by atoms with E-state index in [4.69, 9.17) is 4.74 Å². The molecule has 0 amide bonds. The van der Waals surface area contributed by atoms with Crippen LogP contribution in [0.5, 0.6) is 5.75 Å². The number of fused-ring (bicyclic) bond motifs is 2. The summed E-state index contributed by atoms with van der Waals surface area (Å²) in [6.07, 6.45) is 0. The van der Waals surface area contributed by atoms with Crippen LogP contribution in [0.4, 0.5) is 11.4 Å². The van der Waals surface area contributed by atoms with Gasteiger partial charge in [-0.1, -0.05) is 52.8 Å². The predicted octanol–water partition coefficient (Wildman–Crippen LogP) is 4.90. The molecule has 1 saturated heterocycles. The maximum Gasteiger partial charge on any atom is 0.121 e. The fourth-order valence-electron chi connectivity index (χ4n) is 4.29. The highest BCUT2D eigenvalue weighted by molar-refractivity contribution is 5.76. The van der Waals surface area contributed by atoms with Gasteiger partial charge in [0.15, 0.2) is 0 Å². The van der Waals surface area contributed by atoms with Crippen molar-refractivity contribution < 1.29 is 4.74 Å². The highest BCUT2D eigenvalue weighted by Crippen LogP contribution is 2.46. The van der Waals surface area contributed by atoms with Crippen LogP contribution < -0.4 is 15.4 Å². The molecule has 2 heterocycles. The molecule has 2 aromatic carbocycles. The van der Waals surface area contributed by atoms with Gasteiger partial charge < -0.3 is 15.4 Å². The van der Waals surface area contributed by atoms with Crippen molar-refractivity contribution in [2.45, 2.75) is 46.6 Å². The van der Waals surface area contributed by atoms with E-state index in [9.17, 15) is 0 Å². The maximum absolute atomic E-state index is 6.05. The molecule has 4 heteroatoms. The van der Waals surface area contributed by atoms with Gasteiger partial charge in [-0.15, -0.1) is 0 Å². The SMILES string of the molecule is CC(C)(C)COc1ccc2c(c1)Nc1ccc(CN3CCNCC3)cc1C2(C)C. The summed E-state index contributed by atoms with van der Waals surface area (Å²) in [5, 5.41) is 7.10. The Bertz CT molecular complexity index is 876. The number of anilines is 2. The van der Waals surface area contributed by atoms with Gasteiger partial charge in [0.2, 0.25) is 0 Å². The van der Waals surface area contributed by atoms with Crippen molar-refractivity contribution in [1.29, 1.82) is 0 Å². The van der Waals surface area contributed by atoms with Gasteiger partial charge in [0.1, 0.15) is 5.75 Å². The van der Waals surface area contributed by atoms with Crippen LogP contribution in [0.15, 0.2) is 36.4 Å². The number of hydrogen-bond donors (Lipinski definition) is 2. The van der Waals surface area contributed by atoms with Gasteiger partial charge in [0.05, 0.1) is 6.61 Å². The largest absolute Gasteiger partial charge is 0.493 e. The van der Waals surface area contributed by atoms with Crippen LogP contribution >= 0.6 is 0 Å². The molecule has 0 radical (unpaired) electrons. The Kier molecular flexibility index (Phi) is 5.34. The van der Waals surface area contributed by atoms with Crippen molar-refractivity contribution in [3.63, 3.8) is 0 Å². The maximum atomic E-state index is 6.05. The van der Waals surface area contributed by atoms with Crippen LogP contribution in [0.25, 0.3) is 0 Å². The van der Waals surface area contributed by atoms with Crippen LogP contribution in [-0.4, -0.2) is 37.7 Å². The fraction of sp³-hybridized carbons (Fsp3) is 0.520. The molecule has 2 aliphatic rings. The second-order valence-electron chi connectivity index (χ2n) is 10.2. The second kappa shape index (κ2) is 7.66. The molecule has 0 bridgehead atoms. The number of nitrogens with zero attached hydrogens (tertiary/aromatic N) is 1. The molecule has 156 valence electrons. The Morgan fingerprint density at radius 1 is 0.966 bits per heavy atom. The topological polar surface area (TPSA) is 36.5 Å². The van der Waals surface area contributed by atoms with Crippen molar-refractivity contribution in [1.82, 2.24) is 10.2 Å². The predicted molar refractivity (Wildman–Crippen MR) is 121 cm³/mol. The molecular formula is C25H35N3O.